The smallest absolute Gasteiger partial charge is 0.251 e. The summed E-state index contributed by atoms with van der Waals surface area (Å²) in [4.78, 5) is 19.4. The molecular formula is C10H11N3OS. The summed E-state index contributed by atoms with van der Waals surface area (Å²) in [7, 11) is 1.82. The number of H-pyrrole nitrogens is 1. The van der Waals surface area contributed by atoms with Crippen LogP contribution in [-0.2, 0) is 6.54 Å². The third-order valence-electron chi connectivity index (χ3n) is 1.91. The first-order valence-electron chi connectivity index (χ1n) is 4.58. The molecule has 78 valence electrons. The molecule has 0 bridgehead atoms. The number of aromatic nitrogens is 2. The zero-order chi connectivity index (χ0) is 10.7. The van der Waals surface area contributed by atoms with Gasteiger partial charge in [0.05, 0.1) is 17.1 Å². The standard InChI is InChI=1S/C10H11N3OS/c1-11-6-9-12-7(5-10(14)13-9)8-3-2-4-15-8/h2-5,11H,6H2,1H3,(H,12,13,14). The molecule has 0 atom stereocenters. The van der Waals surface area contributed by atoms with Crippen LogP contribution in [-0.4, -0.2) is 17.0 Å². The zero-order valence-electron chi connectivity index (χ0n) is 8.28. The topological polar surface area (TPSA) is 57.8 Å². The summed E-state index contributed by atoms with van der Waals surface area (Å²) in [5, 5.41) is 4.92. The van der Waals surface area contributed by atoms with Gasteiger partial charge in [0, 0.05) is 6.07 Å². The molecule has 0 aliphatic heterocycles. The number of thiophene rings is 1. The average Bonchev–Trinajstić information content (AvgIpc) is 2.70. The number of hydrogen-bond acceptors (Lipinski definition) is 4. The van der Waals surface area contributed by atoms with Crippen LogP contribution in [0.5, 0.6) is 0 Å². The van der Waals surface area contributed by atoms with E-state index in [0.29, 0.717) is 12.4 Å². The van der Waals surface area contributed by atoms with Crippen LogP contribution >= 0.6 is 11.3 Å². The van der Waals surface area contributed by atoms with Crippen LogP contribution in [0.2, 0.25) is 0 Å². The summed E-state index contributed by atoms with van der Waals surface area (Å²) in [6.45, 7) is 0.564. The molecule has 0 aliphatic carbocycles. The van der Waals surface area contributed by atoms with E-state index in [2.05, 4.69) is 15.3 Å². The van der Waals surface area contributed by atoms with Gasteiger partial charge in [0.25, 0.3) is 5.56 Å². The maximum atomic E-state index is 11.4. The van der Waals surface area contributed by atoms with Gasteiger partial charge in [-0.05, 0) is 18.5 Å². The van der Waals surface area contributed by atoms with Crippen molar-refractivity contribution in [3.05, 3.63) is 39.8 Å². The van der Waals surface area contributed by atoms with Crippen LogP contribution in [0.1, 0.15) is 5.82 Å². The molecule has 0 saturated heterocycles. The highest BCUT2D eigenvalue weighted by molar-refractivity contribution is 7.13. The quantitative estimate of drug-likeness (QED) is 0.819. The van der Waals surface area contributed by atoms with E-state index < -0.39 is 0 Å². The lowest BCUT2D eigenvalue weighted by atomic mass is 10.3. The normalized spacial score (nSPS) is 10.5. The predicted octanol–water partition coefficient (Wildman–Crippen LogP) is 1.22. The van der Waals surface area contributed by atoms with Crippen molar-refractivity contribution in [3.8, 4) is 10.6 Å². The van der Waals surface area contributed by atoms with Gasteiger partial charge in [0.1, 0.15) is 5.82 Å². The molecule has 5 heteroatoms. The van der Waals surface area contributed by atoms with Crippen molar-refractivity contribution in [1.82, 2.24) is 15.3 Å². The number of rotatable bonds is 3. The molecule has 0 saturated carbocycles. The lowest BCUT2D eigenvalue weighted by Gasteiger charge is -2.01. The van der Waals surface area contributed by atoms with E-state index in [1.165, 1.54) is 6.07 Å². The summed E-state index contributed by atoms with van der Waals surface area (Å²) in [6, 6.07) is 5.42. The Morgan fingerprint density at radius 2 is 2.47 bits per heavy atom. The van der Waals surface area contributed by atoms with Gasteiger partial charge in [0.15, 0.2) is 0 Å². The largest absolute Gasteiger partial charge is 0.313 e. The molecular weight excluding hydrogens is 210 g/mol. The highest BCUT2D eigenvalue weighted by Gasteiger charge is 2.03. The van der Waals surface area contributed by atoms with Gasteiger partial charge in [-0.15, -0.1) is 11.3 Å². The number of hydrogen-bond donors (Lipinski definition) is 2. The monoisotopic (exact) mass is 221 g/mol. The van der Waals surface area contributed by atoms with E-state index in [1.807, 2.05) is 24.6 Å². The number of nitrogens with zero attached hydrogens (tertiary/aromatic N) is 1. The van der Waals surface area contributed by atoms with Gasteiger partial charge in [-0.3, -0.25) is 4.79 Å². The molecule has 4 nitrogen and oxygen atoms in total. The van der Waals surface area contributed by atoms with Gasteiger partial charge in [-0.1, -0.05) is 6.07 Å². The predicted molar refractivity (Wildman–Crippen MR) is 60.9 cm³/mol. The van der Waals surface area contributed by atoms with Crippen LogP contribution in [0.25, 0.3) is 10.6 Å². The van der Waals surface area contributed by atoms with Crippen molar-refractivity contribution in [1.29, 1.82) is 0 Å². The van der Waals surface area contributed by atoms with Gasteiger partial charge in [-0.25, -0.2) is 4.98 Å². The molecule has 0 aliphatic rings. The van der Waals surface area contributed by atoms with Gasteiger partial charge in [0.2, 0.25) is 0 Å². The summed E-state index contributed by atoms with van der Waals surface area (Å²) >= 11 is 1.58. The molecule has 0 aromatic carbocycles. The van der Waals surface area contributed by atoms with Crippen molar-refractivity contribution in [2.24, 2.45) is 0 Å². The van der Waals surface area contributed by atoms with E-state index in [4.69, 9.17) is 0 Å². The first-order chi connectivity index (χ1) is 7.29. The van der Waals surface area contributed by atoms with Crippen molar-refractivity contribution < 1.29 is 0 Å². The fourth-order valence-electron chi connectivity index (χ4n) is 1.31. The van der Waals surface area contributed by atoms with Crippen LogP contribution in [0.15, 0.2) is 28.4 Å². The van der Waals surface area contributed by atoms with Crippen LogP contribution in [0.3, 0.4) is 0 Å². The molecule has 0 unspecified atom stereocenters. The molecule has 0 amide bonds. The second kappa shape index (κ2) is 4.37. The average molecular weight is 221 g/mol. The second-order valence-corrected chi connectivity index (χ2v) is 4.03. The Morgan fingerprint density at radius 1 is 1.60 bits per heavy atom. The van der Waals surface area contributed by atoms with Crippen molar-refractivity contribution in [2.45, 2.75) is 6.54 Å². The molecule has 0 spiro atoms. The number of nitrogens with one attached hydrogen (secondary N) is 2. The van der Waals surface area contributed by atoms with E-state index in [9.17, 15) is 4.79 Å². The first-order valence-corrected chi connectivity index (χ1v) is 5.46. The summed E-state index contributed by atoms with van der Waals surface area (Å²) in [5.74, 6) is 0.661. The molecule has 0 radical (unpaired) electrons. The fourth-order valence-corrected chi connectivity index (χ4v) is 2.00. The maximum Gasteiger partial charge on any atom is 0.251 e. The Balaban J connectivity index is 2.44. The molecule has 0 fully saturated rings. The Morgan fingerprint density at radius 3 is 3.13 bits per heavy atom. The minimum atomic E-state index is -0.112. The lowest BCUT2D eigenvalue weighted by molar-refractivity contribution is 0.754. The third kappa shape index (κ3) is 2.31. The van der Waals surface area contributed by atoms with Gasteiger partial charge in [-0.2, -0.15) is 0 Å². The minimum Gasteiger partial charge on any atom is -0.313 e. The Bertz CT molecular complexity index is 490. The number of aromatic amines is 1. The van der Waals surface area contributed by atoms with E-state index in [0.717, 1.165) is 10.6 Å². The fraction of sp³-hybridized carbons (Fsp3) is 0.200. The minimum absolute atomic E-state index is 0.112. The highest BCUT2D eigenvalue weighted by atomic mass is 32.1. The summed E-state index contributed by atoms with van der Waals surface area (Å²) in [6.07, 6.45) is 0. The Kier molecular flexibility index (Phi) is 2.94. The van der Waals surface area contributed by atoms with E-state index >= 15 is 0 Å². The molecule has 2 aromatic heterocycles. The lowest BCUT2D eigenvalue weighted by Crippen LogP contribution is -2.16. The molecule has 2 rings (SSSR count). The van der Waals surface area contributed by atoms with Crippen LogP contribution < -0.4 is 10.9 Å². The SMILES string of the molecule is CNCc1nc(-c2cccs2)cc(=O)[nH]1. The Labute approximate surface area is 91.0 Å². The van der Waals surface area contributed by atoms with Crippen molar-refractivity contribution >= 4 is 11.3 Å². The van der Waals surface area contributed by atoms with Crippen LogP contribution in [0.4, 0.5) is 0 Å². The molecule has 2 aromatic rings. The Hall–Kier alpha value is -1.46. The van der Waals surface area contributed by atoms with E-state index in [1.54, 1.807) is 11.3 Å². The zero-order valence-corrected chi connectivity index (χ0v) is 9.10. The molecule has 15 heavy (non-hydrogen) atoms. The first kappa shape index (κ1) is 10.1. The molecule has 2 heterocycles. The maximum absolute atomic E-state index is 11.4. The van der Waals surface area contributed by atoms with Crippen molar-refractivity contribution in [2.75, 3.05) is 7.05 Å². The highest BCUT2D eigenvalue weighted by Crippen LogP contribution is 2.20. The van der Waals surface area contributed by atoms with Crippen LogP contribution in [0, 0.1) is 0 Å². The van der Waals surface area contributed by atoms with Gasteiger partial charge < -0.3 is 10.3 Å². The second-order valence-electron chi connectivity index (χ2n) is 3.08. The molecule has 2 N–H and O–H groups in total. The van der Waals surface area contributed by atoms with E-state index in [-0.39, 0.29) is 5.56 Å². The van der Waals surface area contributed by atoms with Crippen molar-refractivity contribution in [3.63, 3.8) is 0 Å². The third-order valence-corrected chi connectivity index (χ3v) is 2.80. The summed E-state index contributed by atoms with van der Waals surface area (Å²) in [5.41, 5.74) is 0.623. The van der Waals surface area contributed by atoms with Gasteiger partial charge >= 0.3 is 0 Å². The summed E-state index contributed by atoms with van der Waals surface area (Å²) < 4.78 is 0.